The Kier molecular flexibility index (Phi) is 14.6. The van der Waals surface area contributed by atoms with Gasteiger partial charge >= 0.3 is 54.9 Å². The number of esters is 1. The molecule has 0 bridgehead atoms. The summed E-state index contributed by atoms with van der Waals surface area (Å²) in [5.41, 5.74) is 0. The summed E-state index contributed by atoms with van der Waals surface area (Å²) >= 11 is 0. The Morgan fingerprint density at radius 2 is 1.94 bits per heavy atom. The van der Waals surface area contributed by atoms with Crippen LogP contribution in [0, 0.1) is 5.92 Å². The Morgan fingerprint density at radius 3 is 2.41 bits per heavy atom. The van der Waals surface area contributed by atoms with E-state index in [4.69, 9.17) is 4.74 Å². The number of hydrogen-bond acceptors (Lipinski definition) is 4. The van der Waals surface area contributed by atoms with Crippen molar-refractivity contribution in [2.24, 2.45) is 5.92 Å². The summed E-state index contributed by atoms with van der Waals surface area (Å²) in [4.78, 5) is 21.1. The molecule has 93 valence electrons. The molecule has 5 heteroatoms. The first-order valence-electron chi connectivity index (χ1n) is 5.65. The van der Waals surface area contributed by atoms with Gasteiger partial charge in [-0.2, -0.15) is 0 Å². The van der Waals surface area contributed by atoms with Gasteiger partial charge in [0.1, 0.15) is 0 Å². The van der Waals surface area contributed by atoms with Crippen LogP contribution in [0.1, 0.15) is 39.5 Å². The van der Waals surface area contributed by atoms with E-state index in [2.05, 4.69) is 6.92 Å². The Morgan fingerprint density at radius 1 is 1.29 bits per heavy atom. The molecule has 0 aliphatic carbocycles. The first kappa shape index (κ1) is 19.6. The minimum Gasteiger partial charge on any atom is -0.545 e. The van der Waals surface area contributed by atoms with Gasteiger partial charge in [-0.1, -0.05) is 33.1 Å². The van der Waals surface area contributed by atoms with E-state index in [0.29, 0.717) is 18.6 Å². The molecule has 1 radical (unpaired) electrons. The molecule has 0 N–H and O–H groups in total. The number of carboxylic acids is 1. The minimum atomic E-state index is -1.39. The second-order valence-electron chi connectivity index (χ2n) is 3.70. The zero-order chi connectivity index (χ0) is 12.4. The van der Waals surface area contributed by atoms with Crippen molar-refractivity contribution in [3.63, 3.8) is 0 Å². The molecule has 1 unspecified atom stereocenters. The van der Waals surface area contributed by atoms with Crippen LogP contribution < -0.4 is 5.11 Å². The molecule has 17 heavy (non-hydrogen) atoms. The van der Waals surface area contributed by atoms with Gasteiger partial charge in [-0.05, 0) is 18.4 Å². The van der Waals surface area contributed by atoms with Crippen LogP contribution in [-0.2, 0) is 14.3 Å². The smallest absolute Gasteiger partial charge is 0.545 e. The van der Waals surface area contributed by atoms with Crippen molar-refractivity contribution in [3.05, 3.63) is 12.2 Å². The van der Waals surface area contributed by atoms with E-state index in [1.54, 1.807) is 0 Å². The van der Waals surface area contributed by atoms with E-state index >= 15 is 0 Å². The quantitative estimate of drug-likeness (QED) is 0.361. The number of ether oxygens (including phenoxy) is 1. The molecule has 0 aromatic heterocycles. The third kappa shape index (κ3) is 12.5. The molecule has 0 saturated heterocycles. The van der Waals surface area contributed by atoms with Gasteiger partial charge in [0.2, 0.25) is 0 Å². The van der Waals surface area contributed by atoms with Gasteiger partial charge in [0.25, 0.3) is 0 Å². The molecule has 0 rings (SSSR count). The van der Waals surface area contributed by atoms with E-state index in [1.165, 1.54) is 0 Å². The fourth-order valence-electron chi connectivity index (χ4n) is 1.28. The molecule has 0 aromatic carbocycles. The van der Waals surface area contributed by atoms with Crippen LogP contribution in [-0.4, -0.2) is 67.4 Å². The fourth-order valence-corrected chi connectivity index (χ4v) is 1.28. The average molecular weight is 365 g/mol. The number of rotatable bonds is 8. The topological polar surface area (TPSA) is 66.4 Å². The van der Waals surface area contributed by atoms with Gasteiger partial charge in [0, 0.05) is 6.08 Å². The monoisotopic (exact) mass is 365 g/mol. The summed E-state index contributed by atoms with van der Waals surface area (Å²) in [6.45, 7) is 4.51. The summed E-state index contributed by atoms with van der Waals surface area (Å²) < 4.78 is 4.93. The zero-order valence-electron chi connectivity index (χ0n) is 10.6. The predicted octanol–water partition coefficient (Wildman–Crippen LogP) is 0.671. The molecule has 0 aromatic rings. The van der Waals surface area contributed by atoms with Gasteiger partial charge in [0.05, 0.1) is 12.6 Å². The second kappa shape index (κ2) is 12.7. The number of aliphatic carboxylic acids is 1. The number of carbonyl (C=O) groups excluding carboxylic acids is 2. The summed E-state index contributed by atoms with van der Waals surface area (Å²) in [6, 6.07) is 0. The molecular weight excluding hydrogens is 345 g/mol. The summed E-state index contributed by atoms with van der Waals surface area (Å²) in [5.74, 6) is -1.66. The minimum absolute atomic E-state index is 0. The number of hydrogen-bond donors (Lipinski definition) is 0. The average Bonchev–Trinajstić information content (AvgIpc) is 2.26. The Hall–Kier alpha value is 0.251. The van der Waals surface area contributed by atoms with E-state index < -0.39 is 11.9 Å². The molecule has 0 spiro atoms. The summed E-state index contributed by atoms with van der Waals surface area (Å²) in [5, 5.41) is 10.0. The van der Waals surface area contributed by atoms with Crippen LogP contribution in [0.5, 0.6) is 0 Å². The molecule has 0 amide bonds. The third-order valence-electron chi connectivity index (χ3n) is 2.36. The van der Waals surface area contributed by atoms with Crippen LogP contribution >= 0.6 is 0 Å². The molecule has 4 nitrogen and oxygen atoms in total. The normalized spacial score (nSPS) is 11.9. The van der Waals surface area contributed by atoms with E-state index in [0.717, 1.165) is 31.8 Å². The second-order valence-corrected chi connectivity index (χ2v) is 3.70. The Balaban J connectivity index is 0. The fraction of sp³-hybridized carbons (Fsp3) is 0.667. The maximum absolute atomic E-state index is 11.0. The largest absolute Gasteiger partial charge is 1.00 e. The van der Waals surface area contributed by atoms with Gasteiger partial charge < -0.3 is 14.6 Å². The first-order chi connectivity index (χ1) is 7.60. The third-order valence-corrected chi connectivity index (χ3v) is 2.36. The van der Waals surface area contributed by atoms with Crippen molar-refractivity contribution in [2.75, 3.05) is 6.61 Å². The maximum Gasteiger partial charge on any atom is 1.00 e. The van der Waals surface area contributed by atoms with Gasteiger partial charge in [-0.3, -0.25) is 0 Å². The maximum atomic E-state index is 11.0. The molecule has 1 atom stereocenters. The van der Waals surface area contributed by atoms with E-state index in [-0.39, 0.29) is 48.9 Å². The molecular formula is C12H19BaO4. The molecule has 0 heterocycles. The Bertz CT molecular complexity index is 251. The Labute approximate surface area is 143 Å². The van der Waals surface area contributed by atoms with Gasteiger partial charge in [-0.25, -0.2) is 4.79 Å². The zero-order valence-corrected chi connectivity index (χ0v) is 15.0. The van der Waals surface area contributed by atoms with Crippen LogP contribution in [0.4, 0.5) is 0 Å². The number of carbonyl (C=O) groups is 2. The van der Waals surface area contributed by atoms with Crippen molar-refractivity contribution in [1.82, 2.24) is 0 Å². The van der Waals surface area contributed by atoms with E-state index in [9.17, 15) is 14.7 Å². The van der Waals surface area contributed by atoms with Gasteiger partial charge in [0.15, 0.2) is 0 Å². The van der Waals surface area contributed by atoms with Gasteiger partial charge in [-0.15, -0.1) is 0 Å². The molecule has 0 saturated carbocycles. The van der Waals surface area contributed by atoms with E-state index in [1.807, 2.05) is 6.92 Å². The molecule has 0 aliphatic rings. The summed E-state index contributed by atoms with van der Waals surface area (Å²) in [7, 11) is 0. The van der Waals surface area contributed by atoms with Crippen LogP contribution in [0.25, 0.3) is 0 Å². The standard InChI is InChI=1S/C12H20O4.Ba/c1-3-5-6-10(4-2)9-16-12(15)8-7-11(13)14;/h7-8,10H,3-6,9H2,1-2H3,(H,13,14);/q;+1/p-1. The number of unbranched alkanes of at least 4 members (excludes halogenated alkanes) is 1. The van der Waals surface area contributed by atoms with Crippen LogP contribution in [0.2, 0.25) is 0 Å². The molecule has 0 aliphatic heterocycles. The van der Waals surface area contributed by atoms with Crippen molar-refractivity contribution in [2.45, 2.75) is 39.5 Å². The molecule has 0 fully saturated rings. The first-order valence-corrected chi connectivity index (χ1v) is 5.65. The van der Waals surface area contributed by atoms with Crippen molar-refractivity contribution in [1.29, 1.82) is 0 Å². The van der Waals surface area contributed by atoms with Crippen molar-refractivity contribution < 1.29 is 19.4 Å². The number of carboxylic acid groups (broad SMARTS) is 1. The van der Waals surface area contributed by atoms with Crippen LogP contribution in [0.3, 0.4) is 0 Å². The van der Waals surface area contributed by atoms with Crippen LogP contribution in [0.15, 0.2) is 12.2 Å². The van der Waals surface area contributed by atoms with Crippen molar-refractivity contribution >= 4 is 60.8 Å². The summed E-state index contributed by atoms with van der Waals surface area (Å²) in [6.07, 6.45) is 5.78. The van der Waals surface area contributed by atoms with Crippen molar-refractivity contribution in [3.8, 4) is 0 Å². The SMILES string of the molecule is CCCCC(CC)COC(=O)C=CC(=O)[O-].[Ba+]. The predicted molar refractivity (Wildman–Crippen MR) is 64.2 cm³/mol.